The van der Waals surface area contributed by atoms with Crippen LogP contribution >= 0.6 is 0 Å². The highest BCUT2D eigenvalue weighted by Gasteiger charge is 2.29. The summed E-state index contributed by atoms with van der Waals surface area (Å²) in [5, 5.41) is 9.29. The van der Waals surface area contributed by atoms with E-state index in [1.54, 1.807) is 13.1 Å². The molecule has 3 rings (SSSR count). The minimum Gasteiger partial charge on any atom is -0.477 e. The van der Waals surface area contributed by atoms with Gasteiger partial charge >= 0.3 is 5.97 Å². The fourth-order valence-electron chi connectivity index (χ4n) is 3.06. The van der Waals surface area contributed by atoms with Crippen LogP contribution in [0, 0.1) is 6.92 Å². The quantitative estimate of drug-likeness (QED) is 0.852. The predicted octanol–water partition coefficient (Wildman–Crippen LogP) is 3.64. The standard InChI is InChI=1S/C19H20FNO3/c1-11(10-20)3-4-13-7-8-21-17(12(13)2)15(14-5-6-14)9-16(18(21)22)19(23)24/h3,7-9,14H,4-6,10H2,1-2H3,(H,23,24)/b11-3+. The van der Waals surface area contributed by atoms with Crippen molar-refractivity contribution in [2.45, 2.75) is 39.0 Å². The summed E-state index contributed by atoms with van der Waals surface area (Å²) in [6.45, 7) is 3.21. The molecule has 5 heteroatoms. The first-order chi connectivity index (χ1) is 11.4. The Bertz CT molecular complexity index is 907. The van der Waals surface area contributed by atoms with E-state index in [2.05, 4.69) is 0 Å². The maximum absolute atomic E-state index is 12.6. The largest absolute Gasteiger partial charge is 0.477 e. The van der Waals surface area contributed by atoms with Crippen molar-refractivity contribution >= 4 is 11.5 Å². The van der Waals surface area contributed by atoms with Crippen LogP contribution in [0.3, 0.4) is 0 Å². The van der Waals surface area contributed by atoms with Crippen molar-refractivity contribution in [1.29, 1.82) is 0 Å². The molecule has 1 N–H and O–H groups in total. The summed E-state index contributed by atoms with van der Waals surface area (Å²) in [7, 11) is 0. The Morgan fingerprint density at radius 3 is 2.75 bits per heavy atom. The molecule has 0 spiro atoms. The van der Waals surface area contributed by atoms with Crippen LogP contribution in [-0.4, -0.2) is 22.2 Å². The van der Waals surface area contributed by atoms with Crippen LogP contribution in [0.1, 0.15) is 52.7 Å². The Kier molecular flexibility index (Phi) is 4.26. The molecular weight excluding hydrogens is 309 g/mol. The molecule has 0 aromatic carbocycles. The molecule has 126 valence electrons. The molecule has 0 amide bonds. The van der Waals surface area contributed by atoms with Gasteiger partial charge in [0.2, 0.25) is 0 Å². The molecule has 0 atom stereocenters. The molecule has 0 radical (unpaired) electrons. The average Bonchev–Trinajstić information content (AvgIpc) is 3.39. The number of fused-ring (bicyclic) bond motifs is 1. The molecule has 4 nitrogen and oxygen atoms in total. The monoisotopic (exact) mass is 329 g/mol. The molecule has 0 unspecified atom stereocenters. The summed E-state index contributed by atoms with van der Waals surface area (Å²) < 4.78 is 14.1. The number of hydrogen-bond donors (Lipinski definition) is 1. The first-order valence-corrected chi connectivity index (χ1v) is 8.06. The summed E-state index contributed by atoms with van der Waals surface area (Å²) in [6.07, 6.45) is 6.10. The lowest BCUT2D eigenvalue weighted by atomic mass is 9.98. The van der Waals surface area contributed by atoms with Gasteiger partial charge in [-0.05, 0) is 73.4 Å². The third-order valence-electron chi connectivity index (χ3n) is 4.65. The Morgan fingerprint density at radius 2 is 2.17 bits per heavy atom. The lowest BCUT2D eigenvalue weighted by Crippen LogP contribution is -2.23. The van der Waals surface area contributed by atoms with Crippen molar-refractivity contribution < 1.29 is 14.3 Å². The molecule has 0 bridgehead atoms. The number of allylic oxidation sites excluding steroid dienone is 2. The molecule has 1 fully saturated rings. The van der Waals surface area contributed by atoms with E-state index in [1.165, 1.54) is 10.5 Å². The topological polar surface area (TPSA) is 58.8 Å². The third kappa shape index (κ3) is 2.86. The van der Waals surface area contributed by atoms with Gasteiger partial charge < -0.3 is 5.11 Å². The number of nitrogens with zero attached hydrogens (tertiary/aromatic N) is 1. The van der Waals surface area contributed by atoms with Crippen molar-refractivity contribution in [2.24, 2.45) is 0 Å². The van der Waals surface area contributed by atoms with Gasteiger partial charge in [-0.2, -0.15) is 0 Å². The average molecular weight is 329 g/mol. The Morgan fingerprint density at radius 1 is 1.46 bits per heavy atom. The van der Waals surface area contributed by atoms with Crippen LogP contribution < -0.4 is 5.56 Å². The molecule has 0 aliphatic heterocycles. The number of pyridine rings is 2. The second-order valence-corrected chi connectivity index (χ2v) is 6.47. The molecule has 2 aromatic heterocycles. The van der Waals surface area contributed by atoms with E-state index < -0.39 is 18.2 Å². The second kappa shape index (κ2) is 6.23. The van der Waals surface area contributed by atoms with Gasteiger partial charge in [0.05, 0.1) is 5.52 Å². The number of carboxylic acids is 1. The van der Waals surface area contributed by atoms with Gasteiger partial charge in [-0.1, -0.05) is 6.08 Å². The molecule has 1 aliphatic carbocycles. The highest BCUT2D eigenvalue weighted by molar-refractivity contribution is 5.88. The number of alkyl halides is 1. The zero-order valence-corrected chi connectivity index (χ0v) is 13.8. The van der Waals surface area contributed by atoms with Crippen LogP contribution in [0.4, 0.5) is 4.39 Å². The summed E-state index contributed by atoms with van der Waals surface area (Å²) in [6, 6.07) is 3.35. The van der Waals surface area contributed by atoms with Gasteiger partial charge in [0, 0.05) is 6.20 Å². The van der Waals surface area contributed by atoms with E-state index in [9.17, 15) is 19.1 Å². The molecule has 24 heavy (non-hydrogen) atoms. The Hall–Kier alpha value is -2.43. The number of aromatic carboxylic acids is 1. The molecule has 2 heterocycles. The summed E-state index contributed by atoms with van der Waals surface area (Å²) in [5.74, 6) is -0.879. The number of rotatable bonds is 5. The van der Waals surface area contributed by atoms with Crippen molar-refractivity contribution in [2.75, 3.05) is 6.67 Å². The van der Waals surface area contributed by atoms with Crippen LogP contribution in [0.25, 0.3) is 5.52 Å². The predicted molar refractivity (Wildman–Crippen MR) is 90.8 cm³/mol. The SMILES string of the molecule is C/C(=C\Cc1ccn2c(=O)c(C(=O)O)cc(C3CC3)c2c1C)CF. The molecule has 1 saturated carbocycles. The number of aromatic nitrogens is 1. The van der Waals surface area contributed by atoms with Crippen molar-refractivity contribution in [3.8, 4) is 0 Å². The van der Waals surface area contributed by atoms with E-state index in [4.69, 9.17) is 0 Å². The summed E-state index contributed by atoms with van der Waals surface area (Å²) in [4.78, 5) is 23.8. The van der Waals surface area contributed by atoms with Gasteiger partial charge in [-0.25, -0.2) is 9.18 Å². The smallest absolute Gasteiger partial charge is 0.341 e. The maximum atomic E-state index is 12.6. The van der Waals surface area contributed by atoms with Crippen LogP contribution in [0.15, 0.2) is 34.8 Å². The van der Waals surface area contributed by atoms with Crippen LogP contribution in [0.5, 0.6) is 0 Å². The lowest BCUT2D eigenvalue weighted by molar-refractivity contribution is 0.0694. The molecular formula is C19H20FNO3. The number of carboxylic acid groups (broad SMARTS) is 1. The zero-order chi connectivity index (χ0) is 17.4. The van der Waals surface area contributed by atoms with Gasteiger partial charge in [-0.15, -0.1) is 0 Å². The van der Waals surface area contributed by atoms with Crippen molar-refractivity contribution in [1.82, 2.24) is 4.40 Å². The van der Waals surface area contributed by atoms with E-state index in [-0.39, 0.29) is 5.56 Å². The van der Waals surface area contributed by atoms with Crippen molar-refractivity contribution in [3.63, 3.8) is 0 Å². The lowest BCUT2D eigenvalue weighted by Gasteiger charge is -2.14. The maximum Gasteiger partial charge on any atom is 0.341 e. The Balaban J connectivity index is 2.23. The highest BCUT2D eigenvalue weighted by atomic mass is 19.1. The van der Waals surface area contributed by atoms with E-state index >= 15 is 0 Å². The number of hydrogen-bond acceptors (Lipinski definition) is 2. The third-order valence-corrected chi connectivity index (χ3v) is 4.65. The van der Waals surface area contributed by atoms with Gasteiger partial charge in [-0.3, -0.25) is 9.20 Å². The Labute approximate surface area is 139 Å². The highest BCUT2D eigenvalue weighted by Crippen LogP contribution is 2.42. The first kappa shape index (κ1) is 16.4. The van der Waals surface area contributed by atoms with E-state index in [1.807, 2.05) is 19.1 Å². The zero-order valence-electron chi connectivity index (χ0n) is 13.8. The van der Waals surface area contributed by atoms with Gasteiger partial charge in [0.25, 0.3) is 5.56 Å². The summed E-state index contributed by atoms with van der Waals surface area (Å²) in [5.41, 5.74) is 3.69. The second-order valence-electron chi connectivity index (χ2n) is 6.47. The number of halogens is 1. The van der Waals surface area contributed by atoms with Crippen LogP contribution in [-0.2, 0) is 6.42 Å². The normalized spacial score (nSPS) is 15.0. The first-order valence-electron chi connectivity index (χ1n) is 8.06. The molecule has 2 aromatic rings. The van der Waals surface area contributed by atoms with E-state index in [0.29, 0.717) is 17.9 Å². The van der Waals surface area contributed by atoms with Gasteiger partial charge in [0.15, 0.2) is 0 Å². The fourth-order valence-corrected chi connectivity index (χ4v) is 3.06. The minimum absolute atomic E-state index is 0.185. The number of carbonyl (C=O) groups is 1. The molecule has 1 aliphatic rings. The van der Waals surface area contributed by atoms with Crippen LogP contribution in [0.2, 0.25) is 0 Å². The summed E-state index contributed by atoms with van der Waals surface area (Å²) >= 11 is 0. The van der Waals surface area contributed by atoms with E-state index in [0.717, 1.165) is 35.0 Å². The molecule has 0 saturated heterocycles. The van der Waals surface area contributed by atoms with Gasteiger partial charge in [0.1, 0.15) is 12.2 Å². The number of aryl methyl sites for hydroxylation is 1. The fraction of sp³-hybridized carbons (Fsp3) is 0.368. The van der Waals surface area contributed by atoms with Crippen molar-refractivity contribution in [3.05, 3.63) is 62.6 Å². The minimum atomic E-state index is -1.19.